The first kappa shape index (κ1) is 34.1. The smallest absolute Gasteiger partial charge is 0.118 e. The summed E-state index contributed by atoms with van der Waals surface area (Å²) in [6.45, 7) is 3.89. The van der Waals surface area contributed by atoms with Gasteiger partial charge < -0.3 is 28.4 Å². The Kier molecular flexibility index (Phi) is 12.9. The highest BCUT2D eigenvalue weighted by atomic mass is 79.9. The Morgan fingerprint density at radius 3 is 1.91 bits per heavy atom. The summed E-state index contributed by atoms with van der Waals surface area (Å²) in [5.74, 6) is 0.796. The third kappa shape index (κ3) is 9.86. The maximum atomic E-state index is 6.72. The van der Waals surface area contributed by atoms with E-state index in [2.05, 4.69) is 31.9 Å². The summed E-state index contributed by atoms with van der Waals surface area (Å²) in [4.78, 5) is 0. The zero-order valence-corrected chi connectivity index (χ0v) is 29.2. The lowest BCUT2D eigenvalue weighted by Gasteiger charge is -2.45. The standard InChI is InChI=1S/C36H37Br2ClO6/c1-24-34(42-20-27-11-17-31(40-2)18-12-27)36(44-22-28-5-3-4-6-32(28)38)35(43-21-26-9-15-30(39)16-10-26)33(45-24)23-41-19-25-7-13-29(37)14-8-25/h3-18,24,33-36H,19-23H2,1-2H3/t24-,33+,34?,35-,36+/m0/s1. The molecule has 1 aliphatic heterocycles. The Bertz CT molecular complexity index is 1470. The lowest BCUT2D eigenvalue weighted by atomic mass is 9.94. The molecule has 1 fully saturated rings. The van der Waals surface area contributed by atoms with Crippen molar-refractivity contribution in [3.63, 3.8) is 0 Å². The Hall–Kier alpha value is -2.27. The van der Waals surface area contributed by atoms with E-state index in [9.17, 15) is 0 Å². The monoisotopic (exact) mass is 758 g/mol. The van der Waals surface area contributed by atoms with E-state index in [0.29, 0.717) is 38.1 Å². The van der Waals surface area contributed by atoms with E-state index in [1.165, 1.54) is 0 Å². The number of rotatable bonds is 14. The molecule has 0 radical (unpaired) electrons. The van der Waals surface area contributed by atoms with Crippen molar-refractivity contribution in [3.05, 3.63) is 133 Å². The molecule has 0 saturated carbocycles. The zero-order chi connectivity index (χ0) is 31.6. The highest BCUT2D eigenvalue weighted by Gasteiger charge is 2.46. The molecule has 238 valence electrons. The molecule has 1 unspecified atom stereocenters. The summed E-state index contributed by atoms with van der Waals surface area (Å²) in [5.41, 5.74) is 4.12. The first-order valence-corrected chi connectivity index (χ1v) is 16.8. The van der Waals surface area contributed by atoms with Gasteiger partial charge in [-0.2, -0.15) is 0 Å². The van der Waals surface area contributed by atoms with Crippen molar-refractivity contribution in [2.24, 2.45) is 0 Å². The number of halogens is 3. The third-order valence-electron chi connectivity index (χ3n) is 7.68. The van der Waals surface area contributed by atoms with E-state index in [4.69, 9.17) is 40.0 Å². The molecular weight excluding hydrogens is 724 g/mol. The zero-order valence-electron chi connectivity index (χ0n) is 25.2. The molecule has 1 saturated heterocycles. The maximum Gasteiger partial charge on any atom is 0.118 e. The molecule has 0 aromatic heterocycles. The summed E-state index contributed by atoms with van der Waals surface area (Å²) < 4.78 is 40.1. The van der Waals surface area contributed by atoms with Crippen molar-refractivity contribution in [1.29, 1.82) is 0 Å². The van der Waals surface area contributed by atoms with Gasteiger partial charge in [0.25, 0.3) is 0 Å². The molecule has 0 aliphatic carbocycles. The predicted molar refractivity (Wildman–Crippen MR) is 182 cm³/mol. The topological polar surface area (TPSA) is 55.4 Å². The second-order valence-electron chi connectivity index (χ2n) is 10.9. The van der Waals surface area contributed by atoms with E-state index in [0.717, 1.165) is 36.9 Å². The van der Waals surface area contributed by atoms with Crippen molar-refractivity contribution in [3.8, 4) is 5.75 Å². The van der Waals surface area contributed by atoms with Gasteiger partial charge in [-0.1, -0.05) is 98.1 Å². The molecule has 0 N–H and O–H groups in total. The fraction of sp³-hybridized carbons (Fsp3) is 0.333. The summed E-state index contributed by atoms with van der Waals surface area (Å²) in [6.07, 6.45) is -2.03. The van der Waals surface area contributed by atoms with E-state index in [-0.39, 0.29) is 6.10 Å². The molecule has 0 spiro atoms. The van der Waals surface area contributed by atoms with Gasteiger partial charge in [-0.25, -0.2) is 0 Å². The quantitative estimate of drug-likeness (QED) is 0.128. The van der Waals surface area contributed by atoms with Crippen LogP contribution in [0.1, 0.15) is 29.2 Å². The van der Waals surface area contributed by atoms with Crippen LogP contribution in [0.4, 0.5) is 0 Å². The van der Waals surface area contributed by atoms with Gasteiger partial charge in [0.05, 0.1) is 46.2 Å². The van der Waals surface area contributed by atoms with Crippen LogP contribution in [0.2, 0.25) is 5.02 Å². The molecule has 5 atom stereocenters. The van der Waals surface area contributed by atoms with E-state index in [1.807, 2.05) is 104 Å². The average Bonchev–Trinajstić information content (AvgIpc) is 3.05. The Morgan fingerprint density at radius 1 is 0.667 bits per heavy atom. The molecule has 1 aliphatic rings. The first-order chi connectivity index (χ1) is 21.9. The van der Waals surface area contributed by atoms with Crippen LogP contribution in [0.5, 0.6) is 5.75 Å². The second-order valence-corrected chi connectivity index (χ2v) is 13.1. The highest BCUT2D eigenvalue weighted by Crippen LogP contribution is 2.32. The summed E-state index contributed by atoms with van der Waals surface area (Å²) in [5, 5.41) is 0.675. The molecule has 0 bridgehead atoms. The molecule has 6 nitrogen and oxygen atoms in total. The molecule has 0 amide bonds. The lowest BCUT2D eigenvalue weighted by molar-refractivity contribution is -0.269. The van der Waals surface area contributed by atoms with Crippen LogP contribution >= 0.6 is 43.5 Å². The molecule has 1 heterocycles. The lowest BCUT2D eigenvalue weighted by Crippen LogP contribution is -2.60. The fourth-order valence-electron chi connectivity index (χ4n) is 5.21. The van der Waals surface area contributed by atoms with Gasteiger partial charge in [0.15, 0.2) is 0 Å². The molecule has 5 rings (SSSR count). The van der Waals surface area contributed by atoms with Crippen LogP contribution in [0.15, 0.2) is 106 Å². The second kappa shape index (κ2) is 17.0. The highest BCUT2D eigenvalue weighted by molar-refractivity contribution is 9.10. The largest absolute Gasteiger partial charge is 0.497 e. The predicted octanol–water partition coefficient (Wildman–Crippen LogP) is 8.93. The number of methoxy groups -OCH3 is 1. The Balaban J connectivity index is 1.38. The van der Waals surface area contributed by atoms with Crippen LogP contribution < -0.4 is 4.74 Å². The Morgan fingerprint density at radius 2 is 1.24 bits per heavy atom. The number of hydrogen-bond donors (Lipinski definition) is 0. The van der Waals surface area contributed by atoms with Crippen LogP contribution in [0.25, 0.3) is 0 Å². The van der Waals surface area contributed by atoms with Gasteiger partial charge in [0.2, 0.25) is 0 Å². The van der Waals surface area contributed by atoms with Crippen molar-refractivity contribution >= 4 is 43.5 Å². The maximum absolute atomic E-state index is 6.72. The van der Waals surface area contributed by atoms with Crippen molar-refractivity contribution in [2.45, 2.75) is 63.9 Å². The van der Waals surface area contributed by atoms with Crippen LogP contribution in [-0.4, -0.2) is 44.2 Å². The minimum Gasteiger partial charge on any atom is -0.497 e. The number of ether oxygens (including phenoxy) is 6. The van der Waals surface area contributed by atoms with Crippen molar-refractivity contribution in [1.82, 2.24) is 0 Å². The van der Waals surface area contributed by atoms with Gasteiger partial charge in [0.1, 0.15) is 30.2 Å². The number of hydrogen-bond acceptors (Lipinski definition) is 6. The minimum atomic E-state index is -0.481. The average molecular weight is 761 g/mol. The SMILES string of the molecule is COc1ccc(COC2[C@H](C)O[C@H](COCc3ccc(Br)cc3)[C@H](OCc3ccc(Cl)cc3)[C@@H]2OCc2ccccc2Br)cc1. The number of benzene rings is 4. The van der Waals surface area contributed by atoms with Crippen LogP contribution in [-0.2, 0) is 50.1 Å². The minimum absolute atomic E-state index is 0.288. The van der Waals surface area contributed by atoms with Crippen LogP contribution in [0.3, 0.4) is 0 Å². The van der Waals surface area contributed by atoms with Gasteiger partial charge in [0, 0.05) is 14.0 Å². The molecular formula is C36H37Br2ClO6. The summed E-state index contributed by atoms with van der Waals surface area (Å²) >= 11 is 13.3. The fourth-order valence-corrected chi connectivity index (χ4v) is 6.00. The molecule has 45 heavy (non-hydrogen) atoms. The van der Waals surface area contributed by atoms with E-state index < -0.39 is 24.4 Å². The van der Waals surface area contributed by atoms with Crippen molar-refractivity contribution < 1.29 is 28.4 Å². The van der Waals surface area contributed by atoms with Gasteiger partial charge in [-0.05, 0) is 71.6 Å². The third-order valence-corrected chi connectivity index (χ3v) is 9.23. The Labute approximate surface area is 287 Å². The molecule has 4 aromatic carbocycles. The summed E-state index contributed by atoms with van der Waals surface area (Å²) in [6, 6.07) is 31.6. The summed E-state index contributed by atoms with van der Waals surface area (Å²) in [7, 11) is 1.66. The first-order valence-electron chi connectivity index (χ1n) is 14.8. The van der Waals surface area contributed by atoms with Gasteiger partial charge >= 0.3 is 0 Å². The van der Waals surface area contributed by atoms with Gasteiger partial charge in [-0.15, -0.1) is 0 Å². The molecule has 9 heteroatoms. The normalized spacial score (nSPS) is 21.5. The van der Waals surface area contributed by atoms with E-state index in [1.54, 1.807) is 7.11 Å². The van der Waals surface area contributed by atoms with Gasteiger partial charge in [-0.3, -0.25) is 0 Å². The molecule has 4 aromatic rings. The van der Waals surface area contributed by atoms with Crippen LogP contribution in [0, 0.1) is 0 Å². The van der Waals surface area contributed by atoms with E-state index >= 15 is 0 Å². The van der Waals surface area contributed by atoms with Crippen molar-refractivity contribution in [2.75, 3.05) is 13.7 Å².